The lowest BCUT2D eigenvalue weighted by molar-refractivity contribution is -0.125. The van der Waals surface area contributed by atoms with E-state index in [0.717, 1.165) is 31.2 Å². The molecule has 2 N–H and O–H groups in total. The fourth-order valence-corrected chi connectivity index (χ4v) is 3.01. The number of hydrogen-bond acceptors (Lipinski definition) is 2. The Morgan fingerprint density at radius 1 is 1.54 bits per heavy atom. The minimum Gasteiger partial charge on any atom is -0.304 e. The monoisotopic (exact) mass is 246 g/mol. The zero-order valence-electron chi connectivity index (χ0n) is 7.77. The Morgan fingerprint density at radius 3 is 2.62 bits per heavy atom. The van der Waals surface area contributed by atoms with Crippen LogP contribution in [0, 0.1) is 11.8 Å². The van der Waals surface area contributed by atoms with Gasteiger partial charge in [0, 0.05) is 16.1 Å². The van der Waals surface area contributed by atoms with Crippen LogP contribution in [0.3, 0.4) is 0 Å². The SMILES string of the molecule is CCNC1(C(=O)NBr)CC2CC2C1. The van der Waals surface area contributed by atoms with Crippen LogP contribution in [0.2, 0.25) is 0 Å². The molecule has 2 aliphatic rings. The zero-order valence-corrected chi connectivity index (χ0v) is 9.36. The van der Waals surface area contributed by atoms with Gasteiger partial charge in [0.25, 0.3) is 0 Å². The lowest BCUT2D eigenvalue weighted by Crippen LogP contribution is -2.54. The second-order valence-electron chi connectivity index (χ2n) is 4.20. The van der Waals surface area contributed by atoms with Crippen LogP contribution in [-0.2, 0) is 4.79 Å². The van der Waals surface area contributed by atoms with Gasteiger partial charge in [-0.15, -0.1) is 0 Å². The van der Waals surface area contributed by atoms with Gasteiger partial charge in [-0.2, -0.15) is 0 Å². The molecule has 3 nitrogen and oxygen atoms in total. The molecule has 74 valence electrons. The van der Waals surface area contributed by atoms with Crippen LogP contribution >= 0.6 is 16.1 Å². The fraction of sp³-hybridized carbons (Fsp3) is 0.889. The number of hydrogen-bond donors (Lipinski definition) is 2. The third kappa shape index (κ3) is 1.50. The first-order chi connectivity index (χ1) is 6.22. The van der Waals surface area contributed by atoms with Crippen molar-refractivity contribution in [3.63, 3.8) is 0 Å². The summed E-state index contributed by atoms with van der Waals surface area (Å²) in [5.74, 6) is 1.72. The highest BCUT2D eigenvalue weighted by Crippen LogP contribution is 2.56. The van der Waals surface area contributed by atoms with Gasteiger partial charge < -0.3 is 5.32 Å². The van der Waals surface area contributed by atoms with E-state index >= 15 is 0 Å². The molecule has 0 heterocycles. The molecule has 0 aromatic carbocycles. The summed E-state index contributed by atoms with van der Waals surface area (Å²) < 4.78 is 2.58. The van der Waals surface area contributed by atoms with Gasteiger partial charge in [0.05, 0.1) is 5.54 Å². The standard InChI is InChI=1S/C9H15BrN2O/c1-2-11-9(8(13)12-10)4-6-3-7(6)5-9/h6-7,11H,2-5H2,1H3,(H,12,13). The lowest BCUT2D eigenvalue weighted by Gasteiger charge is -2.29. The van der Waals surface area contributed by atoms with Crippen LogP contribution in [0.4, 0.5) is 0 Å². The molecule has 0 aromatic heterocycles. The van der Waals surface area contributed by atoms with Crippen LogP contribution < -0.4 is 9.66 Å². The Morgan fingerprint density at radius 2 is 2.15 bits per heavy atom. The predicted octanol–water partition coefficient (Wildman–Crippen LogP) is 1.19. The Labute approximate surface area is 87.0 Å². The highest BCUT2D eigenvalue weighted by molar-refractivity contribution is 9.08. The molecular formula is C9H15BrN2O. The van der Waals surface area contributed by atoms with Crippen molar-refractivity contribution < 1.29 is 4.79 Å². The molecule has 2 rings (SSSR count). The van der Waals surface area contributed by atoms with Crippen molar-refractivity contribution in [2.24, 2.45) is 11.8 Å². The summed E-state index contributed by atoms with van der Waals surface area (Å²) in [7, 11) is 0. The molecule has 0 bridgehead atoms. The summed E-state index contributed by atoms with van der Waals surface area (Å²) in [5, 5.41) is 3.33. The number of carbonyl (C=O) groups excluding carboxylic acids is 1. The number of rotatable bonds is 3. The third-order valence-corrected chi connectivity index (χ3v) is 3.69. The van der Waals surface area contributed by atoms with E-state index < -0.39 is 0 Å². The molecule has 2 fully saturated rings. The van der Waals surface area contributed by atoms with Crippen LogP contribution in [0.5, 0.6) is 0 Å². The first kappa shape index (κ1) is 9.46. The second kappa shape index (κ2) is 3.24. The van der Waals surface area contributed by atoms with E-state index in [1.54, 1.807) is 0 Å². The highest BCUT2D eigenvalue weighted by Gasteiger charge is 2.56. The largest absolute Gasteiger partial charge is 0.304 e. The van der Waals surface area contributed by atoms with Gasteiger partial charge in [-0.3, -0.25) is 9.14 Å². The van der Waals surface area contributed by atoms with E-state index in [2.05, 4.69) is 25.8 Å². The summed E-state index contributed by atoms with van der Waals surface area (Å²) in [6.07, 6.45) is 3.37. The predicted molar refractivity (Wildman–Crippen MR) is 54.3 cm³/mol. The van der Waals surface area contributed by atoms with Crippen LogP contribution in [0.15, 0.2) is 0 Å². The summed E-state index contributed by atoms with van der Waals surface area (Å²) in [4.78, 5) is 11.7. The molecule has 0 aromatic rings. The quantitative estimate of drug-likeness (QED) is 0.735. The maximum Gasteiger partial charge on any atom is 0.250 e. The van der Waals surface area contributed by atoms with Crippen molar-refractivity contribution in [3.8, 4) is 0 Å². The number of halogens is 1. The van der Waals surface area contributed by atoms with Gasteiger partial charge in [0.2, 0.25) is 5.91 Å². The first-order valence-corrected chi connectivity index (χ1v) is 5.67. The average Bonchev–Trinajstić information content (AvgIpc) is 2.74. The van der Waals surface area contributed by atoms with E-state index in [4.69, 9.17) is 0 Å². The molecule has 2 unspecified atom stereocenters. The van der Waals surface area contributed by atoms with E-state index in [1.807, 2.05) is 6.92 Å². The maximum atomic E-state index is 11.7. The van der Waals surface area contributed by atoms with Crippen molar-refractivity contribution in [1.82, 2.24) is 9.66 Å². The summed E-state index contributed by atoms with van der Waals surface area (Å²) in [6, 6.07) is 0. The van der Waals surface area contributed by atoms with Crippen molar-refractivity contribution in [2.45, 2.75) is 31.7 Å². The molecule has 0 radical (unpaired) electrons. The average molecular weight is 247 g/mol. The third-order valence-electron chi connectivity index (χ3n) is 3.33. The van der Waals surface area contributed by atoms with Gasteiger partial charge in [-0.25, -0.2) is 0 Å². The smallest absolute Gasteiger partial charge is 0.250 e. The number of amides is 1. The molecule has 13 heavy (non-hydrogen) atoms. The topological polar surface area (TPSA) is 41.1 Å². The van der Waals surface area contributed by atoms with Gasteiger partial charge in [0.15, 0.2) is 0 Å². The fourth-order valence-electron chi connectivity index (χ4n) is 2.63. The van der Waals surface area contributed by atoms with Crippen molar-refractivity contribution in [2.75, 3.05) is 6.54 Å². The van der Waals surface area contributed by atoms with Crippen LogP contribution in [-0.4, -0.2) is 18.0 Å². The number of carbonyl (C=O) groups is 1. The molecule has 2 saturated carbocycles. The molecule has 2 aliphatic carbocycles. The Balaban J connectivity index is 2.07. The molecule has 0 aliphatic heterocycles. The normalized spacial score (nSPS) is 41.4. The second-order valence-corrected chi connectivity index (χ2v) is 4.60. The van der Waals surface area contributed by atoms with E-state index in [0.29, 0.717) is 0 Å². The van der Waals surface area contributed by atoms with Crippen LogP contribution in [0.25, 0.3) is 0 Å². The van der Waals surface area contributed by atoms with Gasteiger partial charge in [-0.05, 0) is 37.6 Å². The van der Waals surface area contributed by atoms with E-state index in [-0.39, 0.29) is 11.4 Å². The van der Waals surface area contributed by atoms with Crippen molar-refractivity contribution in [3.05, 3.63) is 0 Å². The molecular weight excluding hydrogens is 232 g/mol. The molecule has 2 atom stereocenters. The Bertz CT molecular complexity index is 222. The molecule has 0 saturated heterocycles. The minimum absolute atomic E-state index is 0.0987. The van der Waals surface area contributed by atoms with Crippen LogP contribution in [0.1, 0.15) is 26.2 Å². The number of nitrogens with one attached hydrogen (secondary N) is 2. The summed E-state index contributed by atoms with van der Waals surface area (Å²) in [6.45, 7) is 2.91. The summed E-state index contributed by atoms with van der Waals surface area (Å²) in [5.41, 5.74) is -0.272. The van der Waals surface area contributed by atoms with Gasteiger partial charge in [-0.1, -0.05) is 6.92 Å². The summed E-state index contributed by atoms with van der Waals surface area (Å²) >= 11 is 3.03. The lowest BCUT2D eigenvalue weighted by atomic mass is 9.92. The first-order valence-electron chi connectivity index (χ1n) is 4.88. The zero-order chi connectivity index (χ0) is 9.47. The molecule has 1 amide bonds. The van der Waals surface area contributed by atoms with E-state index in [9.17, 15) is 4.79 Å². The minimum atomic E-state index is -0.272. The number of fused-ring (bicyclic) bond motifs is 1. The van der Waals surface area contributed by atoms with E-state index in [1.165, 1.54) is 6.42 Å². The maximum absolute atomic E-state index is 11.7. The molecule has 4 heteroatoms. The Hall–Kier alpha value is -0.0900. The Kier molecular flexibility index (Phi) is 2.36. The number of likely N-dealkylation sites (N-methyl/N-ethyl adjacent to an activating group) is 1. The van der Waals surface area contributed by atoms with Crippen molar-refractivity contribution >= 4 is 22.1 Å². The highest BCUT2D eigenvalue weighted by atomic mass is 79.9. The molecule has 0 spiro atoms. The van der Waals surface area contributed by atoms with Gasteiger partial charge >= 0.3 is 0 Å². The van der Waals surface area contributed by atoms with Gasteiger partial charge in [0.1, 0.15) is 0 Å². The van der Waals surface area contributed by atoms with Crippen molar-refractivity contribution in [1.29, 1.82) is 0 Å².